The number of aromatic nitrogens is 2. The molecule has 8 heteroatoms. The number of carbonyl (C=O) groups excluding carboxylic acids is 1. The number of likely N-dealkylation sites (N-methyl/N-ethyl adjacent to an activating group) is 1. The Morgan fingerprint density at radius 2 is 1.87 bits per heavy atom. The van der Waals surface area contributed by atoms with Gasteiger partial charge in [-0.1, -0.05) is 30.7 Å². The number of benzene rings is 2. The molecule has 0 spiro atoms. The van der Waals surface area contributed by atoms with Crippen molar-refractivity contribution < 1.29 is 9.18 Å². The van der Waals surface area contributed by atoms with Gasteiger partial charge in [0.15, 0.2) is 5.69 Å². The summed E-state index contributed by atoms with van der Waals surface area (Å²) in [7, 11) is 0. The summed E-state index contributed by atoms with van der Waals surface area (Å²) >= 11 is 6.19. The summed E-state index contributed by atoms with van der Waals surface area (Å²) in [5, 5.41) is 7.70. The Hall–Kier alpha value is -2.90. The lowest BCUT2D eigenvalue weighted by Gasteiger charge is -2.36. The fraction of sp³-hybridized carbons (Fsp3) is 0.273. The monoisotopic (exact) mass is 427 g/mol. The van der Waals surface area contributed by atoms with Crippen molar-refractivity contribution in [2.24, 2.45) is 0 Å². The molecule has 6 nitrogen and oxygen atoms in total. The Kier molecular flexibility index (Phi) is 6.01. The Morgan fingerprint density at radius 3 is 2.60 bits per heavy atom. The van der Waals surface area contributed by atoms with E-state index in [2.05, 4.69) is 27.1 Å². The van der Waals surface area contributed by atoms with Crippen molar-refractivity contribution in [1.82, 2.24) is 14.7 Å². The minimum Gasteiger partial charge on any atom is -0.367 e. The minimum absolute atomic E-state index is 0.194. The van der Waals surface area contributed by atoms with E-state index in [9.17, 15) is 9.18 Å². The van der Waals surface area contributed by atoms with E-state index in [1.807, 2.05) is 12.1 Å². The van der Waals surface area contributed by atoms with E-state index >= 15 is 0 Å². The number of halogens is 2. The number of piperazine rings is 1. The van der Waals surface area contributed by atoms with Gasteiger partial charge < -0.3 is 15.1 Å². The van der Waals surface area contributed by atoms with Crippen molar-refractivity contribution >= 4 is 28.9 Å². The molecule has 0 bridgehead atoms. The first kappa shape index (κ1) is 20.4. The van der Waals surface area contributed by atoms with Crippen molar-refractivity contribution in [2.75, 3.05) is 42.9 Å². The molecule has 1 aliphatic heterocycles. The molecule has 0 aliphatic carbocycles. The molecule has 0 atom stereocenters. The van der Waals surface area contributed by atoms with Crippen LogP contribution in [0.1, 0.15) is 17.4 Å². The van der Waals surface area contributed by atoms with Crippen LogP contribution in [0, 0.1) is 5.82 Å². The molecule has 3 aromatic rings. The van der Waals surface area contributed by atoms with Crippen molar-refractivity contribution in [1.29, 1.82) is 0 Å². The first-order chi connectivity index (χ1) is 14.5. The molecule has 0 radical (unpaired) electrons. The third-order valence-electron chi connectivity index (χ3n) is 5.29. The number of hydrogen-bond donors (Lipinski definition) is 1. The molecule has 0 unspecified atom stereocenters. The van der Waals surface area contributed by atoms with Gasteiger partial charge in [0, 0.05) is 37.4 Å². The molecular formula is C22H23ClFN5O. The van der Waals surface area contributed by atoms with E-state index < -0.39 is 5.82 Å². The fourth-order valence-electron chi connectivity index (χ4n) is 3.59. The predicted molar refractivity (Wildman–Crippen MR) is 117 cm³/mol. The van der Waals surface area contributed by atoms with E-state index in [1.54, 1.807) is 36.5 Å². The number of carbonyl (C=O) groups is 1. The molecular weight excluding hydrogens is 405 g/mol. The summed E-state index contributed by atoms with van der Waals surface area (Å²) in [5.41, 5.74) is 2.05. The highest BCUT2D eigenvalue weighted by Gasteiger charge is 2.20. The SMILES string of the molecule is CCN1CCN(c2ccc(Cl)cc2NC(=O)c2ccn(-c3ccccc3F)n2)CC1. The maximum atomic E-state index is 14.0. The second-order valence-electron chi connectivity index (χ2n) is 7.13. The number of hydrogen-bond acceptors (Lipinski definition) is 4. The van der Waals surface area contributed by atoms with E-state index in [0.717, 1.165) is 38.4 Å². The maximum Gasteiger partial charge on any atom is 0.276 e. The highest BCUT2D eigenvalue weighted by Crippen LogP contribution is 2.30. The molecule has 1 N–H and O–H groups in total. The van der Waals surface area contributed by atoms with Crippen LogP contribution in [0.5, 0.6) is 0 Å². The predicted octanol–water partition coefficient (Wildman–Crippen LogP) is 4.06. The number of anilines is 2. The van der Waals surface area contributed by atoms with Gasteiger partial charge in [0.25, 0.3) is 5.91 Å². The zero-order valence-electron chi connectivity index (χ0n) is 16.7. The normalized spacial score (nSPS) is 14.7. The molecule has 1 saturated heterocycles. The third-order valence-corrected chi connectivity index (χ3v) is 5.52. The summed E-state index contributed by atoms with van der Waals surface area (Å²) < 4.78 is 15.4. The minimum atomic E-state index is -0.407. The number of nitrogens with one attached hydrogen (secondary N) is 1. The number of amides is 1. The van der Waals surface area contributed by atoms with Crippen LogP contribution in [-0.2, 0) is 0 Å². The number of para-hydroxylation sites is 1. The molecule has 30 heavy (non-hydrogen) atoms. The van der Waals surface area contributed by atoms with Crippen LogP contribution in [0.25, 0.3) is 5.69 Å². The Bertz CT molecular complexity index is 1050. The molecule has 1 aliphatic rings. The van der Waals surface area contributed by atoms with Gasteiger partial charge in [-0.15, -0.1) is 0 Å². The van der Waals surface area contributed by atoms with Gasteiger partial charge in [-0.05, 0) is 42.9 Å². The van der Waals surface area contributed by atoms with Gasteiger partial charge in [-0.25, -0.2) is 9.07 Å². The molecule has 0 saturated carbocycles. The highest BCUT2D eigenvalue weighted by molar-refractivity contribution is 6.31. The molecule has 2 heterocycles. The van der Waals surface area contributed by atoms with Gasteiger partial charge >= 0.3 is 0 Å². The fourth-order valence-corrected chi connectivity index (χ4v) is 3.76. The number of rotatable bonds is 5. The average Bonchev–Trinajstić information content (AvgIpc) is 3.25. The van der Waals surface area contributed by atoms with Crippen molar-refractivity contribution in [2.45, 2.75) is 6.92 Å². The Labute approximate surface area is 179 Å². The van der Waals surface area contributed by atoms with E-state index in [0.29, 0.717) is 10.7 Å². The van der Waals surface area contributed by atoms with E-state index in [4.69, 9.17) is 11.6 Å². The second kappa shape index (κ2) is 8.85. The van der Waals surface area contributed by atoms with Crippen molar-refractivity contribution in [3.63, 3.8) is 0 Å². The zero-order chi connectivity index (χ0) is 21.1. The van der Waals surface area contributed by atoms with Gasteiger partial charge in [0.05, 0.1) is 11.4 Å². The Morgan fingerprint density at radius 1 is 1.10 bits per heavy atom. The van der Waals surface area contributed by atoms with Crippen LogP contribution in [0.4, 0.5) is 15.8 Å². The van der Waals surface area contributed by atoms with Crippen LogP contribution in [-0.4, -0.2) is 53.3 Å². The first-order valence-corrected chi connectivity index (χ1v) is 10.3. The zero-order valence-corrected chi connectivity index (χ0v) is 17.4. The maximum absolute atomic E-state index is 14.0. The van der Waals surface area contributed by atoms with Crippen LogP contribution in [0.2, 0.25) is 5.02 Å². The van der Waals surface area contributed by atoms with Gasteiger partial charge in [0.2, 0.25) is 0 Å². The lowest BCUT2D eigenvalue weighted by atomic mass is 10.2. The summed E-state index contributed by atoms with van der Waals surface area (Å²) in [5.74, 6) is -0.781. The van der Waals surface area contributed by atoms with Gasteiger partial charge in [0.1, 0.15) is 11.5 Å². The largest absolute Gasteiger partial charge is 0.367 e. The third kappa shape index (κ3) is 4.32. The summed E-state index contributed by atoms with van der Waals surface area (Å²) in [6.07, 6.45) is 1.57. The molecule has 1 fully saturated rings. The first-order valence-electron chi connectivity index (χ1n) is 9.94. The summed E-state index contributed by atoms with van der Waals surface area (Å²) in [6.45, 7) is 6.88. The van der Waals surface area contributed by atoms with Crippen LogP contribution in [0.15, 0.2) is 54.7 Å². The van der Waals surface area contributed by atoms with Crippen molar-refractivity contribution in [3.8, 4) is 5.69 Å². The van der Waals surface area contributed by atoms with Crippen LogP contribution < -0.4 is 10.2 Å². The molecule has 156 valence electrons. The second-order valence-corrected chi connectivity index (χ2v) is 7.57. The van der Waals surface area contributed by atoms with Crippen molar-refractivity contribution in [3.05, 3.63) is 71.3 Å². The Balaban J connectivity index is 1.54. The quantitative estimate of drug-likeness (QED) is 0.667. The summed E-state index contributed by atoms with van der Waals surface area (Å²) in [4.78, 5) is 17.5. The molecule has 1 aromatic heterocycles. The summed E-state index contributed by atoms with van der Waals surface area (Å²) in [6, 6.07) is 13.3. The lowest BCUT2D eigenvalue weighted by molar-refractivity contribution is 0.102. The average molecular weight is 428 g/mol. The van der Waals surface area contributed by atoms with Crippen LogP contribution in [0.3, 0.4) is 0 Å². The molecule has 4 rings (SSSR count). The smallest absolute Gasteiger partial charge is 0.276 e. The van der Waals surface area contributed by atoms with Crippen LogP contribution >= 0.6 is 11.6 Å². The van der Waals surface area contributed by atoms with Gasteiger partial charge in [-0.2, -0.15) is 5.10 Å². The van der Waals surface area contributed by atoms with E-state index in [-0.39, 0.29) is 17.3 Å². The van der Waals surface area contributed by atoms with E-state index in [1.165, 1.54) is 10.7 Å². The lowest BCUT2D eigenvalue weighted by Crippen LogP contribution is -2.46. The topological polar surface area (TPSA) is 53.4 Å². The molecule has 2 aromatic carbocycles. The molecule has 1 amide bonds. The number of nitrogens with zero attached hydrogens (tertiary/aromatic N) is 4. The van der Waals surface area contributed by atoms with Gasteiger partial charge in [-0.3, -0.25) is 4.79 Å². The standard InChI is InChI=1S/C22H23ClFN5O/c1-2-27-11-13-28(14-12-27)21-8-7-16(23)15-19(21)25-22(30)18-9-10-29(26-18)20-6-4-3-5-17(20)24/h3-10,15H,2,11-14H2,1H3,(H,25,30). The highest BCUT2D eigenvalue weighted by atomic mass is 35.5.